The number of aromatic nitrogens is 2. The second-order valence-electron chi connectivity index (χ2n) is 7.05. The van der Waals surface area contributed by atoms with Crippen molar-refractivity contribution in [2.24, 2.45) is 0 Å². The Hall–Kier alpha value is -3.01. The number of hydrogen-bond donors (Lipinski definition) is 3. The molecule has 0 spiro atoms. The fourth-order valence-corrected chi connectivity index (χ4v) is 3.93. The molecule has 1 aromatic heterocycles. The molecule has 0 radical (unpaired) electrons. The van der Waals surface area contributed by atoms with Gasteiger partial charge in [0.15, 0.2) is 0 Å². The SMILES string of the molecule is COc1ccc(C2CC(C(=O)Nc3cc(-c4csnn4)ccc3C)NN2)c(OC)c1. The van der Waals surface area contributed by atoms with Crippen LogP contribution in [-0.4, -0.2) is 35.8 Å². The Bertz CT molecular complexity index is 1040. The summed E-state index contributed by atoms with van der Waals surface area (Å²) < 4.78 is 14.7. The van der Waals surface area contributed by atoms with E-state index in [1.165, 1.54) is 11.5 Å². The average molecular weight is 426 g/mol. The van der Waals surface area contributed by atoms with Gasteiger partial charge in [0.25, 0.3) is 0 Å². The highest BCUT2D eigenvalue weighted by atomic mass is 32.1. The maximum atomic E-state index is 12.9. The molecule has 2 aromatic carbocycles. The van der Waals surface area contributed by atoms with Crippen LogP contribution in [0, 0.1) is 6.92 Å². The lowest BCUT2D eigenvalue weighted by Gasteiger charge is -2.15. The number of anilines is 1. The monoisotopic (exact) mass is 425 g/mol. The third kappa shape index (κ3) is 4.13. The number of rotatable bonds is 6. The van der Waals surface area contributed by atoms with E-state index in [0.717, 1.165) is 39.6 Å². The summed E-state index contributed by atoms with van der Waals surface area (Å²) in [5.74, 6) is 1.34. The predicted molar refractivity (Wildman–Crippen MR) is 116 cm³/mol. The molecule has 0 aliphatic carbocycles. The topological polar surface area (TPSA) is 97.4 Å². The molecule has 1 saturated heterocycles. The van der Waals surface area contributed by atoms with Crippen molar-refractivity contribution in [3.05, 3.63) is 52.9 Å². The summed E-state index contributed by atoms with van der Waals surface area (Å²) >= 11 is 1.30. The van der Waals surface area contributed by atoms with Crippen molar-refractivity contribution in [2.45, 2.75) is 25.4 Å². The Labute approximate surface area is 178 Å². The number of aryl methyl sites for hydroxylation is 1. The van der Waals surface area contributed by atoms with Crippen molar-refractivity contribution in [1.29, 1.82) is 0 Å². The van der Waals surface area contributed by atoms with Gasteiger partial charge in [0, 0.05) is 28.3 Å². The minimum Gasteiger partial charge on any atom is -0.497 e. The minimum absolute atomic E-state index is 0.0601. The summed E-state index contributed by atoms with van der Waals surface area (Å²) in [5.41, 5.74) is 10.7. The molecule has 0 saturated carbocycles. The quantitative estimate of drug-likeness (QED) is 0.558. The third-order valence-electron chi connectivity index (χ3n) is 5.19. The Kier molecular flexibility index (Phi) is 5.93. The lowest BCUT2D eigenvalue weighted by Crippen LogP contribution is -2.39. The van der Waals surface area contributed by atoms with Crippen molar-refractivity contribution in [3.63, 3.8) is 0 Å². The lowest BCUT2D eigenvalue weighted by molar-refractivity contribution is -0.117. The summed E-state index contributed by atoms with van der Waals surface area (Å²) in [4.78, 5) is 12.9. The summed E-state index contributed by atoms with van der Waals surface area (Å²) in [6.07, 6.45) is 0.587. The van der Waals surface area contributed by atoms with E-state index in [4.69, 9.17) is 9.47 Å². The first-order valence-electron chi connectivity index (χ1n) is 9.51. The van der Waals surface area contributed by atoms with Crippen LogP contribution in [0.15, 0.2) is 41.8 Å². The Balaban J connectivity index is 1.47. The van der Waals surface area contributed by atoms with Gasteiger partial charge in [-0.1, -0.05) is 22.7 Å². The lowest BCUT2D eigenvalue weighted by atomic mass is 10.00. The van der Waals surface area contributed by atoms with E-state index in [1.807, 2.05) is 48.7 Å². The van der Waals surface area contributed by atoms with Crippen LogP contribution in [0.3, 0.4) is 0 Å². The number of nitrogens with zero attached hydrogens (tertiary/aromatic N) is 2. The molecule has 3 aromatic rings. The van der Waals surface area contributed by atoms with Gasteiger partial charge in [0.2, 0.25) is 5.91 Å². The van der Waals surface area contributed by atoms with Crippen LogP contribution in [0.4, 0.5) is 5.69 Å². The molecule has 0 bridgehead atoms. The van der Waals surface area contributed by atoms with E-state index >= 15 is 0 Å². The summed E-state index contributed by atoms with van der Waals surface area (Å²) in [6, 6.07) is 11.1. The van der Waals surface area contributed by atoms with Crippen molar-refractivity contribution >= 4 is 23.1 Å². The highest BCUT2D eigenvalue weighted by molar-refractivity contribution is 7.03. The highest BCUT2D eigenvalue weighted by Gasteiger charge is 2.32. The van der Waals surface area contributed by atoms with E-state index in [2.05, 4.69) is 25.8 Å². The molecule has 1 amide bonds. The molecule has 30 heavy (non-hydrogen) atoms. The number of amides is 1. The van der Waals surface area contributed by atoms with Gasteiger partial charge >= 0.3 is 0 Å². The number of hydrogen-bond acceptors (Lipinski definition) is 8. The third-order valence-corrected chi connectivity index (χ3v) is 5.69. The molecule has 9 heteroatoms. The van der Waals surface area contributed by atoms with Gasteiger partial charge < -0.3 is 14.8 Å². The zero-order valence-corrected chi connectivity index (χ0v) is 17.7. The maximum absolute atomic E-state index is 12.9. The molecule has 4 rings (SSSR count). The van der Waals surface area contributed by atoms with Crippen LogP contribution in [0.25, 0.3) is 11.3 Å². The summed E-state index contributed by atoms with van der Waals surface area (Å²) in [5, 5.41) is 9.02. The van der Waals surface area contributed by atoms with E-state index in [-0.39, 0.29) is 18.0 Å². The van der Waals surface area contributed by atoms with E-state index < -0.39 is 0 Å². The molecule has 1 aliphatic heterocycles. The average Bonchev–Trinajstić information content (AvgIpc) is 3.47. The first-order chi connectivity index (χ1) is 14.6. The van der Waals surface area contributed by atoms with Crippen LogP contribution in [0.2, 0.25) is 0 Å². The molecule has 8 nitrogen and oxygen atoms in total. The van der Waals surface area contributed by atoms with Gasteiger partial charge in [-0.2, -0.15) is 0 Å². The number of ether oxygens (including phenoxy) is 2. The predicted octanol–water partition coefficient (Wildman–Crippen LogP) is 3.08. The zero-order chi connectivity index (χ0) is 21.1. The number of methoxy groups -OCH3 is 2. The Morgan fingerprint density at radius 2 is 2.03 bits per heavy atom. The summed E-state index contributed by atoms with van der Waals surface area (Å²) in [6.45, 7) is 1.96. The van der Waals surface area contributed by atoms with Gasteiger partial charge in [-0.05, 0) is 42.6 Å². The van der Waals surface area contributed by atoms with Crippen LogP contribution in [0.5, 0.6) is 11.5 Å². The minimum atomic E-state index is -0.384. The number of benzene rings is 2. The van der Waals surface area contributed by atoms with Gasteiger partial charge in [0.05, 0.1) is 20.3 Å². The molecule has 156 valence electrons. The molecular weight excluding hydrogens is 402 g/mol. The largest absolute Gasteiger partial charge is 0.497 e. The molecule has 3 N–H and O–H groups in total. The fourth-order valence-electron chi connectivity index (χ4n) is 3.46. The van der Waals surface area contributed by atoms with Crippen molar-refractivity contribution in [3.8, 4) is 22.8 Å². The number of carbonyl (C=O) groups excluding carboxylic acids is 1. The Morgan fingerprint density at radius 3 is 2.77 bits per heavy atom. The molecule has 2 atom stereocenters. The van der Waals surface area contributed by atoms with Crippen molar-refractivity contribution in [2.75, 3.05) is 19.5 Å². The molecule has 2 heterocycles. The number of nitrogens with one attached hydrogen (secondary N) is 3. The molecule has 1 aliphatic rings. The number of carbonyl (C=O) groups is 1. The highest BCUT2D eigenvalue weighted by Crippen LogP contribution is 2.33. The molecule has 1 fully saturated rings. The Morgan fingerprint density at radius 1 is 1.17 bits per heavy atom. The second-order valence-corrected chi connectivity index (χ2v) is 7.66. The van der Waals surface area contributed by atoms with Crippen LogP contribution in [0.1, 0.15) is 23.6 Å². The summed E-state index contributed by atoms with van der Waals surface area (Å²) in [7, 11) is 3.24. The van der Waals surface area contributed by atoms with Crippen molar-refractivity contribution in [1.82, 2.24) is 20.4 Å². The van der Waals surface area contributed by atoms with Gasteiger partial charge in [-0.25, -0.2) is 10.9 Å². The van der Waals surface area contributed by atoms with Gasteiger partial charge in [-0.15, -0.1) is 5.10 Å². The van der Waals surface area contributed by atoms with Crippen LogP contribution >= 0.6 is 11.5 Å². The van der Waals surface area contributed by atoms with Crippen LogP contribution < -0.4 is 25.6 Å². The maximum Gasteiger partial charge on any atom is 0.242 e. The van der Waals surface area contributed by atoms with E-state index in [1.54, 1.807) is 14.2 Å². The van der Waals surface area contributed by atoms with Gasteiger partial charge in [-0.3, -0.25) is 4.79 Å². The zero-order valence-electron chi connectivity index (χ0n) is 16.9. The smallest absolute Gasteiger partial charge is 0.242 e. The number of hydrazine groups is 1. The fraction of sp³-hybridized carbons (Fsp3) is 0.286. The van der Waals surface area contributed by atoms with Crippen molar-refractivity contribution < 1.29 is 14.3 Å². The second kappa shape index (κ2) is 8.78. The normalized spacial score (nSPS) is 18.2. The molecular formula is C21H23N5O3S. The first-order valence-corrected chi connectivity index (χ1v) is 10.3. The van der Waals surface area contributed by atoms with E-state index in [0.29, 0.717) is 6.42 Å². The standard InChI is InChI=1S/C21H23N5O3S/c1-12-4-5-13(19-11-30-26-25-19)8-16(12)22-21(27)18-10-17(23-24-18)15-7-6-14(28-2)9-20(15)29-3/h4-9,11,17-18,23-24H,10H2,1-3H3,(H,22,27). The first kappa shape index (κ1) is 20.3. The van der Waals surface area contributed by atoms with E-state index in [9.17, 15) is 4.79 Å². The van der Waals surface area contributed by atoms with Gasteiger partial charge in [0.1, 0.15) is 23.2 Å². The van der Waals surface area contributed by atoms with Crippen LogP contribution in [-0.2, 0) is 4.79 Å². The molecule has 2 unspecified atom stereocenters.